The molecule has 0 bridgehead atoms. The lowest BCUT2D eigenvalue weighted by Crippen LogP contribution is -2.29. The first-order valence-corrected chi connectivity index (χ1v) is 7.90. The fourth-order valence-corrected chi connectivity index (χ4v) is 2.24. The number of nitrogens with zero attached hydrogens (tertiary/aromatic N) is 3. The van der Waals surface area contributed by atoms with Crippen LogP contribution in [0.2, 0.25) is 0 Å². The Kier molecular flexibility index (Phi) is 6.31. The summed E-state index contributed by atoms with van der Waals surface area (Å²) >= 11 is 0. The first kappa shape index (κ1) is 17.9. The highest BCUT2D eigenvalue weighted by Crippen LogP contribution is 2.16. The highest BCUT2D eigenvalue weighted by molar-refractivity contribution is 5.92. The number of carbonyl (C=O) groups is 1. The molecule has 1 amide bonds. The molecule has 0 aliphatic carbocycles. The quantitative estimate of drug-likeness (QED) is 0.799. The number of hydrogen-bond donors (Lipinski definition) is 1. The van der Waals surface area contributed by atoms with Gasteiger partial charge in [-0.3, -0.25) is 9.69 Å². The summed E-state index contributed by atoms with van der Waals surface area (Å²) in [4.78, 5) is 18.3. The maximum absolute atomic E-state index is 12.1. The number of carbonyl (C=O) groups excluding carboxylic acids is 1. The number of ether oxygens (including phenoxy) is 1. The lowest BCUT2D eigenvalue weighted by atomic mass is 10.1. The molecule has 7 heteroatoms. The van der Waals surface area contributed by atoms with E-state index in [9.17, 15) is 4.79 Å². The summed E-state index contributed by atoms with van der Waals surface area (Å²) < 4.78 is 10.4. The van der Waals surface area contributed by atoms with Crippen LogP contribution in [0.25, 0.3) is 0 Å². The van der Waals surface area contributed by atoms with Crippen molar-refractivity contribution < 1.29 is 14.1 Å². The van der Waals surface area contributed by atoms with E-state index in [4.69, 9.17) is 9.26 Å². The molecule has 1 aromatic carbocycles. The van der Waals surface area contributed by atoms with Gasteiger partial charge in [-0.05, 0) is 25.1 Å². The fourth-order valence-electron chi connectivity index (χ4n) is 2.24. The van der Waals surface area contributed by atoms with Crippen LogP contribution in [0.3, 0.4) is 0 Å². The van der Waals surface area contributed by atoms with E-state index >= 15 is 0 Å². The van der Waals surface area contributed by atoms with Crippen molar-refractivity contribution >= 4 is 11.6 Å². The van der Waals surface area contributed by atoms with Gasteiger partial charge in [0.15, 0.2) is 5.82 Å². The second kappa shape index (κ2) is 8.44. The Balaban J connectivity index is 1.83. The van der Waals surface area contributed by atoms with Crippen LogP contribution in [0.5, 0.6) is 5.75 Å². The standard InChI is InChI=1S/C17H24N4O3/c1-12(2)8-15-19-17(24-20-15)11-21(3)10-16(22)18-13-6-5-7-14(9-13)23-4/h5-7,9,12H,8,10-11H2,1-4H3,(H,18,22). The number of anilines is 1. The molecule has 0 aliphatic heterocycles. The molecule has 130 valence electrons. The number of hydrogen-bond acceptors (Lipinski definition) is 6. The summed E-state index contributed by atoms with van der Waals surface area (Å²) in [5.74, 6) is 2.27. The maximum Gasteiger partial charge on any atom is 0.240 e. The summed E-state index contributed by atoms with van der Waals surface area (Å²) in [5, 5.41) is 6.79. The van der Waals surface area contributed by atoms with Crippen molar-refractivity contribution in [2.24, 2.45) is 5.92 Å². The smallest absolute Gasteiger partial charge is 0.240 e. The van der Waals surface area contributed by atoms with Gasteiger partial charge in [0.1, 0.15) is 5.75 Å². The van der Waals surface area contributed by atoms with E-state index in [1.54, 1.807) is 13.2 Å². The molecule has 0 unspecified atom stereocenters. The van der Waals surface area contributed by atoms with Crippen molar-refractivity contribution in [2.45, 2.75) is 26.8 Å². The SMILES string of the molecule is COc1cccc(NC(=O)CN(C)Cc2nc(CC(C)C)no2)c1. The molecule has 0 aliphatic rings. The molecule has 1 N–H and O–H groups in total. The molecule has 0 atom stereocenters. The molecule has 1 heterocycles. The summed E-state index contributed by atoms with van der Waals surface area (Å²) in [5.41, 5.74) is 0.699. The largest absolute Gasteiger partial charge is 0.497 e. The summed E-state index contributed by atoms with van der Waals surface area (Å²) in [6, 6.07) is 7.24. The van der Waals surface area contributed by atoms with Crippen molar-refractivity contribution in [3.8, 4) is 5.75 Å². The van der Waals surface area contributed by atoms with Crippen molar-refractivity contribution in [1.29, 1.82) is 0 Å². The van der Waals surface area contributed by atoms with E-state index in [-0.39, 0.29) is 12.5 Å². The van der Waals surface area contributed by atoms with Gasteiger partial charge in [-0.25, -0.2) is 0 Å². The molecular formula is C17H24N4O3. The van der Waals surface area contributed by atoms with E-state index < -0.39 is 0 Å². The third kappa shape index (κ3) is 5.66. The molecule has 0 saturated carbocycles. The van der Waals surface area contributed by atoms with Crippen LogP contribution in [-0.4, -0.2) is 41.6 Å². The predicted molar refractivity (Wildman–Crippen MR) is 90.8 cm³/mol. The first-order chi connectivity index (χ1) is 11.5. The Bertz CT molecular complexity index is 669. The lowest BCUT2D eigenvalue weighted by molar-refractivity contribution is -0.117. The van der Waals surface area contributed by atoms with Gasteiger partial charge in [0.05, 0.1) is 20.2 Å². The predicted octanol–water partition coefficient (Wildman–Crippen LogP) is 2.35. The Morgan fingerprint density at radius 3 is 2.92 bits per heavy atom. The minimum absolute atomic E-state index is 0.118. The van der Waals surface area contributed by atoms with Crippen LogP contribution in [-0.2, 0) is 17.8 Å². The van der Waals surface area contributed by atoms with Gasteiger partial charge in [-0.15, -0.1) is 0 Å². The molecule has 2 aromatic rings. The zero-order chi connectivity index (χ0) is 17.5. The molecular weight excluding hydrogens is 308 g/mol. The summed E-state index contributed by atoms with van der Waals surface area (Å²) in [6.07, 6.45) is 0.781. The van der Waals surface area contributed by atoms with Crippen LogP contribution in [0, 0.1) is 5.92 Å². The molecule has 0 saturated heterocycles. The van der Waals surface area contributed by atoms with Gasteiger partial charge in [-0.1, -0.05) is 25.1 Å². The normalized spacial score (nSPS) is 11.1. The van der Waals surface area contributed by atoms with Crippen molar-refractivity contribution in [3.05, 3.63) is 36.0 Å². The Labute approximate surface area is 142 Å². The molecule has 2 rings (SSSR count). The van der Waals surface area contributed by atoms with Gasteiger partial charge >= 0.3 is 0 Å². The zero-order valence-electron chi connectivity index (χ0n) is 14.6. The Morgan fingerprint density at radius 1 is 1.42 bits per heavy atom. The van der Waals surface area contributed by atoms with Crippen molar-refractivity contribution in [1.82, 2.24) is 15.0 Å². The number of amides is 1. The number of rotatable bonds is 8. The van der Waals surface area contributed by atoms with Crippen LogP contribution in [0.1, 0.15) is 25.6 Å². The minimum Gasteiger partial charge on any atom is -0.497 e. The molecule has 7 nitrogen and oxygen atoms in total. The molecule has 0 radical (unpaired) electrons. The number of aromatic nitrogens is 2. The maximum atomic E-state index is 12.1. The van der Waals surface area contributed by atoms with Crippen molar-refractivity contribution in [3.63, 3.8) is 0 Å². The van der Waals surface area contributed by atoms with Crippen LogP contribution >= 0.6 is 0 Å². The van der Waals surface area contributed by atoms with Crippen LogP contribution < -0.4 is 10.1 Å². The third-order valence-electron chi connectivity index (χ3n) is 3.27. The number of likely N-dealkylation sites (N-methyl/N-ethyl adjacent to an activating group) is 1. The van der Waals surface area contributed by atoms with Gasteiger partial charge in [0, 0.05) is 18.2 Å². The Hall–Kier alpha value is -2.41. The Morgan fingerprint density at radius 2 is 2.21 bits per heavy atom. The third-order valence-corrected chi connectivity index (χ3v) is 3.27. The second-order valence-corrected chi connectivity index (χ2v) is 6.15. The van der Waals surface area contributed by atoms with Crippen molar-refractivity contribution in [2.75, 3.05) is 26.0 Å². The van der Waals surface area contributed by atoms with E-state index in [0.717, 1.165) is 6.42 Å². The molecule has 1 aromatic heterocycles. The fraction of sp³-hybridized carbons (Fsp3) is 0.471. The number of nitrogens with one attached hydrogen (secondary N) is 1. The highest BCUT2D eigenvalue weighted by atomic mass is 16.5. The molecule has 0 spiro atoms. The van der Waals surface area contributed by atoms with E-state index in [0.29, 0.717) is 35.6 Å². The minimum atomic E-state index is -0.118. The number of methoxy groups -OCH3 is 1. The molecule has 24 heavy (non-hydrogen) atoms. The van der Waals surface area contributed by atoms with Gasteiger partial charge in [0.25, 0.3) is 0 Å². The zero-order valence-corrected chi connectivity index (χ0v) is 14.6. The average Bonchev–Trinajstić information content (AvgIpc) is 2.93. The van der Waals surface area contributed by atoms with Crippen LogP contribution in [0.15, 0.2) is 28.8 Å². The lowest BCUT2D eigenvalue weighted by Gasteiger charge is -2.14. The van der Waals surface area contributed by atoms with E-state index in [1.807, 2.05) is 30.1 Å². The van der Waals surface area contributed by atoms with E-state index in [1.165, 1.54) is 0 Å². The number of benzene rings is 1. The van der Waals surface area contributed by atoms with Gasteiger partial charge in [-0.2, -0.15) is 4.98 Å². The van der Waals surface area contributed by atoms with Gasteiger partial charge < -0.3 is 14.6 Å². The summed E-state index contributed by atoms with van der Waals surface area (Å²) in [7, 11) is 3.42. The second-order valence-electron chi connectivity index (χ2n) is 6.15. The van der Waals surface area contributed by atoms with Crippen LogP contribution in [0.4, 0.5) is 5.69 Å². The topological polar surface area (TPSA) is 80.5 Å². The first-order valence-electron chi connectivity index (χ1n) is 7.90. The monoisotopic (exact) mass is 332 g/mol. The average molecular weight is 332 g/mol. The van der Waals surface area contributed by atoms with E-state index in [2.05, 4.69) is 29.3 Å². The highest BCUT2D eigenvalue weighted by Gasteiger charge is 2.13. The van der Waals surface area contributed by atoms with Gasteiger partial charge in [0.2, 0.25) is 11.8 Å². The summed E-state index contributed by atoms with van der Waals surface area (Å²) in [6.45, 7) is 4.85. The molecule has 0 fully saturated rings.